The van der Waals surface area contributed by atoms with Gasteiger partial charge in [-0.15, -0.1) is 0 Å². The number of halogens is 1. The van der Waals surface area contributed by atoms with E-state index in [1.165, 1.54) is 5.56 Å². The Morgan fingerprint density at radius 2 is 2.29 bits per heavy atom. The van der Waals surface area contributed by atoms with Crippen LogP contribution in [0.25, 0.3) is 0 Å². The summed E-state index contributed by atoms with van der Waals surface area (Å²) in [4.78, 5) is 0. The number of aryl methyl sites for hydroxylation is 1. The van der Waals surface area contributed by atoms with Crippen molar-refractivity contribution in [1.29, 1.82) is 0 Å². The van der Waals surface area contributed by atoms with Crippen LogP contribution in [0.3, 0.4) is 0 Å². The first-order chi connectivity index (χ1) is 6.72. The molecule has 0 amide bonds. The minimum atomic E-state index is 0.372. The molecule has 1 unspecified atom stereocenters. The number of rotatable bonds is 1. The van der Waals surface area contributed by atoms with Gasteiger partial charge < -0.3 is 10.1 Å². The van der Waals surface area contributed by atoms with Gasteiger partial charge >= 0.3 is 0 Å². The summed E-state index contributed by atoms with van der Waals surface area (Å²) in [6.07, 6.45) is 1.00. The van der Waals surface area contributed by atoms with E-state index in [0.717, 1.165) is 29.4 Å². The maximum Gasteiger partial charge on any atom is 0.124 e. The van der Waals surface area contributed by atoms with Gasteiger partial charge in [0, 0.05) is 23.0 Å². The molecule has 14 heavy (non-hydrogen) atoms. The van der Waals surface area contributed by atoms with Crippen LogP contribution in [-0.2, 0) is 0 Å². The normalized spacial score (nSPS) is 20.1. The molecule has 2 nitrogen and oxygen atoms in total. The Hall–Kier alpha value is -0.730. The maximum absolute atomic E-state index is 6.08. The van der Waals surface area contributed by atoms with E-state index in [-0.39, 0.29) is 0 Å². The van der Waals surface area contributed by atoms with Crippen molar-refractivity contribution in [2.45, 2.75) is 19.4 Å². The summed E-state index contributed by atoms with van der Waals surface area (Å²) >= 11 is 6.08. The molecule has 0 spiro atoms. The molecule has 0 fully saturated rings. The van der Waals surface area contributed by atoms with Crippen molar-refractivity contribution in [2.75, 3.05) is 13.7 Å². The summed E-state index contributed by atoms with van der Waals surface area (Å²) in [6, 6.07) is 4.39. The van der Waals surface area contributed by atoms with E-state index in [1.807, 2.05) is 26.1 Å². The van der Waals surface area contributed by atoms with Crippen LogP contribution in [0.15, 0.2) is 12.1 Å². The lowest BCUT2D eigenvalue weighted by molar-refractivity contribution is 0.257. The third kappa shape index (κ3) is 1.60. The standard InChI is InChI=1S/C11H14ClNO/c1-7-5-11-8(6-9(7)12)10(13-2)3-4-14-11/h5-6,10,13H,3-4H2,1-2H3. The molecule has 2 rings (SSSR count). The maximum atomic E-state index is 6.08. The SMILES string of the molecule is CNC1CCOc2cc(C)c(Cl)cc21. The fourth-order valence-electron chi connectivity index (χ4n) is 1.81. The average Bonchev–Trinajstić information content (AvgIpc) is 2.19. The first-order valence-electron chi connectivity index (χ1n) is 4.82. The van der Waals surface area contributed by atoms with Crippen molar-refractivity contribution in [2.24, 2.45) is 0 Å². The van der Waals surface area contributed by atoms with Crippen molar-refractivity contribution < 1.29 is 4.74 Å². The molecular formula is C11H14ClNO. The van der Waals surface area contributed by atoms with Crippen LogP contribution in [0.1, 0.15) is 23.6 Å². The van der Waals surface area contributed by atoms with Gasteiger partial charge in [0.1, 0.15) is 5.75 Å². The van der Waals surface area contributed by atoms with Crippen LogP contribution in [0, 0.1) is 6.92 Å². The molecule has 1 atom stereocenters. The molecule has 0 aromatic heterocycles. The van der Waals surface area contributed by atoms with Gasteiger partial charge in [-0.3, -0.25) is 0 Å². The fraction of sp³-hybridized carbons (Fsp3) is 0.455. The van der Waals surface area contributed by atoms with Crippen LogP contribution in [0.2, 0.25) is 5.02 Å². The second-order valence-corrected chi connectivity index (χ2v) is 4.02. The minimum Gasteiger partial charge on any atom is -0.493 e. The predicted octanol–water partition coefficient (Wildman–Crippen LogP) is 2.69. The highest BCUT2D eigenvalue weighted by Gasteiger charge is 2.20. The highest BCUT2D eigenvalue weighted by atomic mass is 35.5. The molecule has 0 saturated carbocycles. The molecule has 0 aliphatic carbocycles. The van der Waals surface area contributed by atoms with Crippen molar-refractivity contribution in [3.63, 3.8) is 0 Å². The molecule has 1 aromatic carbocycles. The van der Waals surface area contributed by atoms with Crippen LogP contribution in [-0.4, -0.2) is 13.7 Å². The lowest BCUT2D eigenvalue weighted by Gasteiger charge is -2.26. The van der Waals surface area contributed by atoms with Crippen molar-refractivity contribution in [3.05, 3.63) is 28.3 Å². The van der Waals surface area contributed by atoms with E-state index in [0.29, 0.717) is 6.04 Å². The zero-order chi connectivity index (χ0) is 10.1. The van der Waals surface area contributed by atoms with Crippen molar-refractivity contribution >= 4 is 11.6 Å². The highest BCUT2D eigenvalue weighted by Crippen LogP contribution is 2.35. The molecule has 76 valence electrons. The Kier molecular flexibility index (Phi) is 2.66. The molecule has 1 N–H and O–H groups in total. The van der Waals surface area contributed by atoms with Crippen LogP contribution < -0.4 is 10.1 Å². The summed E-state index contributed by atoms with van der Waals surface area (Å²) in [5.74, 6) is 0.970. The Balaban J connectivity index is 2.47. The number of hydrogen-bond acceptors (Lipinski definition) is 2. The Bertz CT molecular complexity index is 351. The van der Waals surface area contributed by atoms with Gasteiger partial charge in [0.25, 0.3) is 0 Å². The summed E-state index contributed by atoms with van der Waals surface area (Å²) in [6.45, 7) is 2.77. The molecule has 1 aliphatic heterocycles. The lowest BCUT2D eigenvalue weighted by atomic mass is 9.99. The van der Waals surface area contributed by atoms with E-state index in [9.17, 15) is 0 Å². The summed E-state index contributed by atoms with van der Waals surface area (Å²) in [5, 5.41) is 4.08. The summed E-state index contributed by atoms with van der Waals surface area (Å²) in [7, 11) is 1.97. The highest BCUT2D eigenvalue weighted by molar-refractivity contribution is 6.31. The first kappa shape index (κ1) is 9.81. The number of ether oxygens (including phenoxy) is 1. The second kappa shape index (κ2) is 3.79. The first-order valence-corrected chi connectivity index (χ1v) is 5.20. The van der Waals surface area contributed by atoms with Crippen molar-refractivity contribution in [3.8, 4) is 5.75 Å². The second-order valence-electron chi connectivity index (χ2n) is 3.62. The number of hydrogen-bond donors (Lipinski definition) is 1. The third-order valence-corrected chi connectivity index (χ3v) is 3.09. The lowest BCUT2D eigenvalue weighted by Crippen LogP contribution is -2.24. The Morgan fingerprint density at radius 3 is 3.00 bits per heavy atom. The quantitative estimate of drug-likeness (QED) is 0.771. The zero-order valence-corrected chi connectivity index (χ0v) is 9.19. The van der Waals surface area contributed by atoms with Gasteiger partial charge in [-0.1, -0.05) is 11.6 Å². The predicted molar refractivity (Wildman–Crippen MR) is 58.1 cm³/mol. The molecule has 1 aromatic rings. The van der Waals surface area contributed by atoms with Gasteiger partial charge in [-0.05, 0) is 31.7 Å². The van der Waals surface area contributed by atoms with Gasteiger partial charge in [0.2, 0.25) is 0 Å². The average molecular weight is 212 g/mol. The van der Waals surface area contributed by atoms with E-state index in [2.05, 4.69) is 5.32 Å². The van der Waals surface area contributed by atoms with Crippen LogP contribution in [0.5, 0.6) is 5.75 Å². The molecular weight excluding hydrogens is 198 g/mol. The molecule has 1 aliphatic rings. The summed E-state index contributed by atoms with van der Waals surface area (Å²) < 4.78 is 5.59. The molecule has 0 radical (unpaired) electrons. The fourth-order valence-corrected chi connectivity index (χ4v) is 1.98. The van der Waals surface area contributed by atoms with E-state index < -0.39 is 0 Å². The molecule has 1 heterocycles. The summed E-state index contributed by atoms with van der Waals surface area (Å²) in [5.41, 5.74) is 2.25. The zero-order valence-electron chi connectivity index (χ0n) is 8.43. The largest absolute Gasteiger partial charge is 0.493 e. The topological polar surface area (TPSA) is 21.3 Å². The van der Waals surface area contributed by atoms with Gasteiger partial charge in [-0.25, -0.2) is 0 Å². The van der Waals surface area contributed by atoms with E-state index in [1.54, 1.807) is 0 Å². The smallest absolute Gasteiger partial charge is 0.124 e. The van der Waals surface area contributed by atoms with Crippen molar-refractivity contribution in [1.82, 2.24) is 5.32 Å². The number of benzene rings is 1. The number of fused-ring (bicyclic) bond motifs is 1. The van der Waals surface area contributed by atoms with E-state index in [4.69, 9.17) is 16.3 Å². The Morgan fingerprint density at radius 1 is 1.50 bits per heavy atom. The van der Waals surface area contributed by atoms with Gasteiger partial charge in [0.05, 0.1) is 6.61 Å². The molecule has 3 heteroatoms. The minimum absolute atomic E-state index is 0.372. The van der Waals surface area contributed by atoms with Gasteiger partial charge in [-0.2, -0.15) is 0 Å². The van der Waals surface area contributed by atoms with Crippen LogP contribution >= 0.6 is 11.6 Å². The van der Waals surface area contributed by atoms with E-state index >= 15 is 0 Å². The molecule has 0 saturated heterocycles. The monoisotopic (exact) mass is 211 g/mol. The molecule has 0 bridgehead atoms. The number of nitrogens with one attached hydrogen (secondary N) is 1. The van der Waals surface area contributed by atoms with Crippen LogP contribution in [0.4, 0.5) is 0 Å². The third-order valence-electron chi connectivity index (χ3n) is 2.68. The van der Waals surface area contributed by atoms with Gasteiger partial charge in [0.15, 0.2) is 0 Å². The Labute approximate surface area is 89.2 Å².